The van der Waals surface area contributed by atoms with E-state index in [1.54, 1.807) is 42.5 Å². The SMILES string of the molecule is C[C@@H](c1nc(-c2ccc(C#N)cc2)cs1)[C@@](Cn1cncn1)(OCOC(=O)c1cccc(CN2CCOCC2)c1)c1ccc(F)cc1F. The van der Waals surface area contributed by atoms with Gasteiger partial charge in [0.2, 0.25) is 0 Å². The molecule has 10 nitrogen and oxygen atoms in total. The number of hydrogen-bond donors (Lipinski definition) is 0. The second-order valence-corrected chi connectivity index (χ2v) is 12.3. The van der Waals surface area contributed by atoms with Gasteiger partial charge in [0.1, 0.15) is 29.9 Å². The maximum atomic E-state index is 15.8. The Morgan fingerprint density at radius 2 is 1.94 bits per heavy atom. The first-order valence-corrected chi connectivity index (χ1v) is 16.2. The van der Waals surface area contributed by atoms with E-state index >= 15 is 4.39 Å². The molecule has 246 valence electrons. The van der Waals surface area contributed by atoms with Gasteiger partial charge in [0, 0.05) is 48.1 Å². The molecule has 3 heterocycles. The van der Waals surface area contributed by atoms with Crippen LogP contribution in [0.4, 0.5) is 8.78 Å². The average Bonchev–Trinajstić information content (AvgIpc) is 3.81. The summed E-state index contributed by atoms with van der Waals surface area (Å²) in [4.78, 5) is 24.4. The standard InChI is InChI=1S/C35H32F2N6O4S/c1-24(33-41-32(19-48-33)27-7-5-25(17-38)6-8-27)35(20-43-22-39-21-40-43,30-10-9-29(36)16-31(30)37)47-23-46-34(44)28-4-2-3-26(15-28)18-42-11-13-45-14-12-42/h2-10,15-16,19,21-22,24H,11-14,18,20,23H2,1H3/t24-,35+/m0/s1. The zero-order valence-corrected chi connectivity index (χ0v) is 26.9. The van der Waals surface area contributed by atoms with Gasteiger partial charge < -0.3 is 14.2 Å². The highest BCUT2D eigenvalue weighted by molar-refractivity contribution is 7.10. The topological polar surface area (TPSA) is 115 Å². The maximum Gasteiger partial charge on any atom is 0.340 e. The average molecular weight is 671 g/mol. The maximum absolute atomic E-state index is 15.8. The molecule has 1 aliphatic heterocycles. The van der Waals surface area contributed by atoms with E-state index in [1.165, 1.54) is 34.7 Å². The number of benzene rings is 3. The van der Waals surface area contributed by atoms with Crippen molar-refractivity contribution >= 4 is 17.3 Å². The van der Waals surface area contributed by atoms with E-state index in [0.717, 1.165) is 36.3 Å². The molecular weight excluding hydrogens is 638 g/mol. The Labute approximate surface area is 280 Å². The van der Waals surface area contributed by atoms with Crippen LogP contribution >= 0.6 is 11.3 Å². The Morgan fingerprint density at radius 3 is 2.67 bits per heavy atom. The highest BCUT2D eigenvalue weighted by Gasteiger charge is 2.45. The largest absolute Gasteiger partial charge is 0.435 e. The minimum atomic E-state index is -1.58. The molecule has 0 amide bonds. The fourth-order valence-corrected chi connectivity index (χ4v) is 6.68. The minimum Gasteiger partial charge on any atom is -0.435 e. The second-order valence-electron chi connectivity index (χ2n) is 11.4. The molecule has 2 aromatic heterocycles. The summed E-state index contributed by atoms with van der Waals surface area (Å²) in [7, 11) is 0. The van der Waals surface area contributed by atoms with Crippen molar-refractivity contribution in [3.63, 3.8) is 0 Å². The number of rotatable bonds is 12. The molecular formula is C35H32F2N6O4S. The highest BCUT2D eigenvalue weighted by Crippen LogP contribution is 2.44. The van der Waals surface area contributed by atoms with E-state index in [9.17, 15) is 14.4 Å². The van der Waals surface area contributed by atoms with Gasteiger partial charge in [-0.05, 0) is 35.9 Å². The lowest BCUT2D eigenvalue weighted by Gasteiger charge is -2.38. The van der Waals surface area contributed by atoms with Gasteiger partial charge >= 0.3 is 5.97 Å². The Morgan fingerprint density at radius 1 is 1.12 bits per heavy atom. The molecule has 0 bridgehead atoms. The van der Waals surface area contributed by atoms with E-state index in [1.807, 2.05) is 18.4 Å². The molecule has 2 atom stereocenters. The third-order valence-electron chi connectivity index (χ3n) is 8.33. The molecule has 6 rings (SSSR count). The Kier molecular flexibility index (Phi) is 10.3. The van der Waals surface area contributed by atoms with E-state index in [-0.39, 0.29) is 12.1 Å². The first kappa shape index (κ1) is 33.0. The quantitative estimate of drug-likeness (QED) is 0.118. The van der Waals surface area contributed by atoms with Gasteiger partial charge in [-0.15, -0.1) is 11.3 Å². The number of carbonyl (C=O) groups is 1. The summed E-state index contributed by atoms with van der Waals surface area (Å²) in [5, 5.41) is 15.9. The van der Waals surface area contributed by atoms with Crippen LogP contribution in [0.25, 0.3) is 11.3 Å². The van der Waals surface area contributed by atoms with E-state index in [2.05, 4.69) is 21.1 Å². The minimum absolute atomic E-state index is 0.0329. The lowest BCUT2D eigenvalue weighted by atomic mass is 9.81. The van der Waals surface area contributed by atoms with Crippen LogP contribution in [0.2, 0.25) is 0 Å². The lowest BCUT2D eigenvalue weighted by Crippen LogP contribution is -2.42. The number of aromatic nitrogens is 4. The molecule has 0 N–H and O–H groups in total. The summed E-state index contributed by atoms with van der Waals surface area (Å²) in [6.07, 6.45) is 2.80. The van der Waals surface area contributed by atoms with Crippen molar-refractivity contribution in [1.82, 2.24) is 24.6 Å². The van der Waals surface area contributed by atoms with Crippen LogP contribution < -0.4 is 0 Å². The summed E-state index contributed by atoms with van der Waals surface area (Å²) >= 11 is 1.34. The van der Waals surface area contributed by atoms with Gasteiger partial charge in [-0.2, -0.15) is 10.4 Å². The normalized spacial score (nSPS) is 15.4. The summed E-state index contributed by atoms with van der Waals surface area (Å²) in [6.45, 7) is 4.83. The number of halogens is 2. The first-order chi connectivity index (χ1) is 23.3. The van der Waals surface area contributed by atoms with Crippen molar-refractivity contribution in [2.24, 2.45) is 0 Å². The molecule has 48 heavy (non-hydrogen) atoms. The predicted octanol–water partition coefficient (Wildman–Crippen LogP) is 5.91. The van der Waals surface area contributed by atoms with E-state index in [0.29, 0.717) is 41.6 Å². The number of hydrogen-bond acceptors (Lipinski definition) is 10. The number of thiazole rings is 1. The van der Waals surface area contributed by atoms with Crippen molar-refractivity contribution in [3.05, 3.63) is 124 Å². The first-order valence-electron chi connectivity index (χ1n) is 15.3. The molecule has 1 fully saturated rings. The number of carbonyl (C=O) groups excluding carboxylic acids is 1. The predicted molar refractivity (Wildman–Crippen MR) is 173 cm³/mol. The van der Waals surface area contributed by atoms with Gasteiger partial charge in [-0.1, -0.05) is 37.3 Å². The fraction of sp³-hybridized carbons (Fsp3) is 0.286. The van der Waals surface area contributed by atoms with Gasteiger partial charge in [0.05, 0.1) is 47.7 Å². The fourth-order valence-electron chi connectivity index (χ4n) is 5.71. The summed E-state index contributed by atoms with van der Waals surface area (Å²) in [5.41, 5.74) is 1.73. The monoisotopic (exact) mass is 670 g/mol. The van der Waals surface area contributed by atoms with Gasteiger partial charge in [-0.25, -0.2) is 28.2 Å². The van der Waals surface area contributed by atoms with Crippen molar-refractivity contribution in [2.45, 2.75) is 31.5 Å². The number of ether oxygens (including phenoxy) is 3. The third kappa shape index (κ3) is 7.48. The summed E-state index contributed by atoms with van der Waals surface area (Å²) in [6, 6.07) is 19.6. The molecule has 3 aromatic carbocycles. The van der Waals surface area contributed by atoms with Gasteiger partial charge in [-0.3, -0.25) is 4.90 Å². The van der Waals surface area contributed by atoms with Gasteiger partial charge in [0.15, 0.2) is 6.79 Å². The van der Waals surface area contributed by atoms with Crippen LogP contribution in [0, 0.1) is 23.0 Å². The zero-order valence-electron chi connectivity index (χ0n) is 26.1. The third-order valence-corrected chi connectivity index (χ3v) is 9.36. The lowest BCUT2D eigenvalue weighted by molar-refractivity contribution is -0.148. The molecule has 1 saturated heterocycles. The second kappa shape index (κ2) is 14.9. The van der Waals surface area contributed by atoms with Crippen LogP contribution in [-0.2, 0) is 32.9 Å². The smallest absolute Gasteiger partial charge is 0.340 e. The number of nitrogens with zero attached hydrogens (tertiary/aromatic N) is 6. The molecule has 13 heteroatoms. The molecule has 0 spiro atoms. The Hall–Kier alpha value is -4.87. The number of morpholine rings is 1. The molecule has 1 aliphatic rings. The molecule has 5 aromatic rings. The zero-order chi connectivity index (χ0) is 33.5. The molecule has 0 radical (unpaired) electrons. The number of nitriles is 1. The van der Waals surface area contributed by atoms with Crippen LogP contribution in [0.3, 0.4) is 0 Å². The van der Waals surface area contributed by atoms with Gasteiger partial charge in [0.25, 0.3) is 0 Å². The van der Waals surface area contributed by atoms with Crippen molar-refractivity contribution in [2.75, 3.05) is 33.1 Å². The molecule has 0 saturated carbocycles. The van der Waals surface area contributed by atoms with Crippen LogP contribution in [-0.4, -0.2) is 63.7 Å². The molecule has 0 aliphatic carbocycles. The van der Waals surface area contributed by atoms with Crippen LogP contribution in [0.5, 0.6) is 0 Å². The van der Waals surface area contributed by atoms with Crippen molar-refractivity contribution in [1.29, 1.82) is 5.26 Å². The van der Waals surface area contributed by atoms with E-state index in [4.69, 9.17) is 19.2 Å². The Balaban J connectivity index is 1.29. The number of esters is 1. The highest BCUT2D eigenvalue weighted by atomic mass is 32.1. The van der Waals surface area contributed by atoms with E-state index < -0.39 is 35.9 Å². The summed E-state index contributed by atoms with van der Waals surface area (Å²) in [5.74, 6) is -2.86. The summed E-state index contributed by atoms with van der Waals surface area (Å²) < 4.78 is 48.9. The van der Waals surface area contributed by atoms with Crippen molar-refractivity contribution < 1.29 is 27.8 Å². The Bertz CT molecular complexity index is 1890. The van der Waals surface area contributed by atoms with Crippen molar-refractivity contribution in [3.8, 4) is 17.3 Å². The van der Waals surface area contributed by atoms with Crippen LogP contribution in [0.1, 0.15) is 44.9 Å². The van der Waals surface area contributed by atoms with Crippen LogP contribution in [0.15, 0.2) is 84.8 Å². The molecule has 0 unspecified atom stereocenters.